The van der Waals surface area contributed by atoms with E-state index in [0.29, 0.717) is 24.1 Å². The van der Waals surface area contributed by atoms with E-state index in [1.807, 2.05) is 29.2 Å². The van der Waals surface area contributed by atoms with Gasteiger partial charge >= 0.3 is 0 Å². The van der Waals surface area contributed by atoms with Crippen molar-refractivity contribution in [3.05, 3.63) is 53.8 Å². The summed E-state index contributed by atoms with van der Waals surface area (Å²) in [6.07, 6.45) is 6.04. The van der Waals surface area contributed by atoms with Crippen molar-refractivity contribution in [2.75, 3.05) is 18.4 Å². The average molecular weight is 395 g/mol. The van der Waals surface area contributed by atoms with Crippen LogP contribution in [0.2, 0.25) is 0 Å². The summed E-state index contributed by atoms with van der Waals surface area (Å²) in [4.78, 5) is 24.1. The zero-order chi connectivity index (χ0) is 19.1. The van der Waals surface area contributed by atoms with Gasteiger partial charge in [-0.15, -0.1) is 11.3 Å². The van der Waals surface area contributed by atoms with Gasteiger partial charge in [0.1, 0.15) is 5.82 Å². The minimum absolute atomic E-state index is 0.0580. The molecule has 3 aromatic rings. The lowest BCUT2D eigenvalue weighted by molar-refractivity contribution is 0.0727. The number of aliphatic hydroxyl groups is 1. The predicted molar refractivity (Wildman–Crippen MR) is 109 cm³/mol. The summed E-state index contributed by atoms with van der Waals surface area (Å²) in [6.45, 7) is 1.48. The largest absolute Gasteiger partial charge is 0.391 e. The van der Waals surface area contributed by atoms with E-state index in [2.05, 4.69) is 21.4 Å². The van der Waals surface area contributed by atoms with E-state index in [1.54, 1.807) is 29.9 Å². The van der Waals surface area contributed by atoms with Gasteiger partial charge in [-0.2, -0.15) is 0 Å². The van der Waals surface area contributed by atoms with Crippen molar-refractivity contribution in [1.82, 2.24) is 14.9 Å². The molecule has 1 aliphatic carbocycles. The molecule has 1 saturated heterocycles. The molecule has 0 spiro atoms. The number of aliphatic hydroxyl groups excluding tert-OH is 1. The van der Waals surface area contributed by atoms with E-state index in [-0.39, 0.29) is 11.9 Å². The Morgan fingerprint density at radius 1 is 1.18 bits per heavy atom. The van der Waals surface area contributed by atoms with Gasteiger partial charge in [0.2, 0.25) is 0 Å². The Morgan fingerprint density at radius 3 is 2.79 bits per heavy atom. The number of thiophene rings is 1. The quantitative estimate of drug-likeness (QED) is 0.714. The molecule has 0 unspecified atom stereocenters. The van der Waals surface area contributed by atoms with Crippen LogP contribution in [0.15, 0.2) is 48.9 Å². The van der Waals surface area contributed by atoms with Crippen LogP contribution in [0, 0.1) is 11.8 Å². The third-order valence-corrected chi connectivity index (χ3v) is 7.07. The fourth-order valence-electron chi connectivity index (χ4n) is 4.56. The van der Waals surface area contributed by atoms with Gasteiger partial charge in [0.25, 0.3) is 5.91 Å². The smallest absolute Gasteiger partial charge is 0.263 e. The third-order valence-electron chi connectivity index (χ3n) is 5.96. The fourth-order valence-corrected chi connectivity index (χ4v) is 5.59. The number of fused-ring (bicyclic) bond motifs is 2. The number of nitrogens with one attached hydrogen (secondary N) is 1. The van der Waals surface area contributed by atoms with Crippen molar-refractivity contribution in [2.45, 2.75) is 25.0 Å². The fraction of sp³-hybridized carbons (Fsp3) is 0.381. The van der Waals surface area contributed by atoms with Gasteiger partial charge in [0.05, 0.1) is 23.2 Å². The van der Waals surface area contributed by atoms with Gasteiger partial charge in [-0.05, 0) is 42.2 Å². The zero-order valence-electron chi connectivity index (χ0n) is 15.4. The number of anilines is 1. The highest BCUT2D eigenvalue weighted by molar-refractivity contribution is 7.20. The molecule has 4 atom stereocenters. The molecule has 5 rings (SSSR count). The van der Waals surface area contributed by atoms with Gasteiger partial charge in [-0.25, -0.2) is 4.98 Å². The van der Waals surface area contributed by atoms with E-state index < -0.39 is 6.10 Å². The molecular weight excluding hydrogens is 372 g/mol. The van der Waals surface area contributed by atoms with Crippen molar-refractivity contribution in [3.8, 4) is 0 Å². The first-order valence-corrected chi connectivity index (χ1v) is 10.5. The maximum Gasteiger partial charge on any atom is 0.263 e. The van der Waals surface area contributed by atoms with Crippen molar-refractivity contribution in [1.29, 1.82) is 0 Å². The molecule has 144 valence electrons. The maximum absolute atomic E-state index is 13.1. The molecule has 7 heteroatoms. The van der Waals surface area contributed by atoms with E-state index in [4.69, 9.17) is 0 Å². The van der Waals surface area contributed by atoms with E-state index in [1.165, 1.54) is 0 Å². The summed E-state index contributed by atoms with van der Waals surface area (Å²) < 4.78 is 1.14. The number of nitrogens with zero attached hydrogens (tertiary/aromatic N) is 3. The minimum Gasteiger partial charge on any atom is -0.391 e. The summed E-state index contributed by atoms with van der Waals surface area (Å²) in [6, 6.07) is 10.0. The minimum atomic E-state index is -0.442. The van der Waals surface area contributed by atoms with Crippen molar-refractivity contribution >= 4 is 33.1 Å². The number of likely N-dealkylation sites (tertiary alicyclic amines) is 1. The van der Waals surface area contributed by atoms with Gasteiger partial charge < -0.3 is 15.3 Å². The molecule has 2 N–H and O–H groups in total. The average Bonchev–Trinajstić information content (AvgIpc) is 3.32. The van der Waals surface area contributed by atoms with Crippen LogP contribution in [0.5, 0.6) is 0 Å². The van der Waals surface area contributed by atoms with Crippen LogP contribution in [0.25, 0.3) is 10.1 Å². The number of rotatable bonds is 3. The molecule has 0 radical (unpaired) electrons. The van der Waals surface area contributed by atoms with Gasteiger partial charge in [-0.3, -0.25) is 9.78 Å². The normalized spacial score (nSPS) is 27.0. The molecule has 0 bridgehead atoms. The van der Waals surface area contributed by atoms with Crippen molar-refractivity contribution in [3.63, 3.8) is 0 Å². The van der Waals surface area contributed by atoms with Crippen LogP contribution in [0.1, 0.15) is 22.5 Å². The Labute approximate surface area is 167 Å². The molecule has 3 heterocycles. The third kappa shape index (κ3) is 3.25. The summed E-state index contributed by atoms with van der Waals surface area (Å²) >= 11 is 1.56. The molecule has 6 nitrogen and oxygen atoms in total. The van der Waals surface area contributed by atoms with Crippen molar-refractivity contribution < 1.29 is 9.90 Å². The van der Waals surface area contributed by atoms with Gasteiger partial charge in [0, 0.05) is 30.2 Å². The van der Waals surface area contributed by atoms with E-state index in [9.17, 15) is 9.90 Å². The summed E-state index contributed by atoms with van der Waals surface area (Å²) in [7, 11) is 0. The van der Waals surface area contributed by atoms with Crippen LogP contribution in [0.4, 0.5) is 5.82 Å². The maximum atomic E-state index is 13.1. The Balaban J connectivity index is 1.28. The first-order valence-electron chi connectivity index (χ1n) is 9.66. The molecule has 28 heavy (non-hydrogen) atoms. The number of aromatic nitrogens is 2. The molecule has 2 fully saturated rings. The first kappa shape index (κ1) is 17.6. The number of carbonyl (C=O) groups is 1. The highest BCUT2D eigenvalue weighted by Gasteiger charge is 2.43. The van der Waals surface area contributed by atoms with E-state index in [0.717, 1.165) is 34.5 Å². The van der Waals surface area contributed by atoms with Gasteiger partial charge in [0.15, 0.2) is 0 Å². The lowest BCUT2D eigenvalue weighted by Crippen LogP contribution is -2.43. The molecule has 1 aromatic carbocycles. The van der Waals surface area contributed by atoms with Crippen LogP contribution in [-0.4, -0.2) is 51.1 Å². The molecule has 2 aromatic heterocycles. The highest BCUT2D eigenvalue weighted by atomic mass is 32.1. The first-order chi connectivity index (χ1) is 13.7. The number of hydrogen-bond donors (Lipinski definition) is 2. The highest BCUT2D eigenvalue weighted by Crippen LogP contribution is 2.38. The van der Waals surface area contributed by atoms with Crippen LogP contribution >= 0.6 is 11.3 Å². The van der Waals surface area contributed by atoms with Crippen LogP contribution in [0.3, 0.4) is 0 Å². The van der Waals surface area contributed by atoms with Gasteiger partial charge in [-0.1, -0.05) is 18.2 Å². The molecule has 2 aliphatic rings. The topological polar surface area (TPSA) is 78.4 Å². The number of carbonyl (C=O) groups excluding carboxylic acids is 1. The SMILES string of the molecule is O=C(c1cc2ccccc2s1)N1C[C@H]2C[C@@H](Nc3cnccn3)[C@H](O)C[C@H]2C1. The number of benzene rings is 1. The summed E-state index contributed by atoms with van der Waals surface area (Å²) in [5, 5.41) is 15.0. The summed E-state index contributed by atoms with van der Waals surface area (Å²) in [5.41, 5.74) is 0. The van der Waals surface area contributed by atoms with Crippen molar-refractivity contribution in [2.24, 2.45) is 11.8 Å². The van der Waals surface area contributed by atoms with Crippen LogP contribution in [-0.2, 0) is 0 Å². The Hall–Kier alpha value is -2.51. The lowest BCUT2D eigenvalue weighted by Gasteiger charge is -2.35. The Morgan fingerprint density at radius 2 is 2.00 bits per heavy atom. The second-order valence-electron chi connectivity index (χ2n) is 7.76. The predicted octanol–water partition coefficient (Wildman–Crippen LogP) is 3.01. The molecule has 1 amide bonds. The van der Waals surface area contributed by atoms with Crippen LogP contribution < -0.4 is 5.32 Å². The molecule has 1 saturated carbocycles. The second kappa shape index (κ2) is 7.14. The Bertz CT molecular complexity index is 959. The Kier molecular flexibility index (Phi) is 4.49. The summed E-state index contributed by atoms with van der Waals surface area (Å²) in [5.74, 6) is 1.55. The van der Waals surface area contributed by atoms with E-state index >= 15 is 0 Å². The number of hydrogen-bond acceptors (Lipinski definition) is 6. The zero-order valence-corrected chi connectivity index (χ0v) is 16.2. The molecule has 1 aliphatic heterocycles. The standard InChI is InChI=1S/C21H22N4O2S/c26-17-8-15-12-25(21(27)19-9-13-3-1-2-4-18(13)28-19)11-14(15)7-16(17)24-20-10-22-5-6-23-20/h1-6,9-10,14-17,26H,7-8,11-12H2,(H,23,24)/t14-,15+,16-,17-/m1/s1. The monoisotopic (exact) mass is 394 g/mol. The number of amides is 1. The second-order valence-corrected chi connectivity index (χ2v) is 8.84. The molecular formula is C21H22N4O2S. The lowest BCUT2D eigenvalue weighted by atomic mass is 9.77.